The molecule has 0 aliphatic heterocycles. The zero-order valence-corrected chi connectivity index (χ0v) is 13.5. The van der Waals surface area contributed by atoms with Crippen molar-refractivity contribution >= 4 is 0 Å². The average molecular weight is 274 g/mol. The molecule has 20 heavy (non-hydrogen) atoms. The molecule has 1 aliphatic carbocycles. The molecule has 1 aromatic rings. The minimum Gasteiger partial charge on any atom is -0.393 e. The fourth-order valence-electron chi connectivity index (χ4n) is 3.81. The van der Waals surface area contributed by atoms with E-state index in [0.717, 1.165) is 19.3 Å². The van der Waals surface area contributed by atoms with E-state index < -0.39 is 0 Å². The molecule has 3 atom stereocenters. The second kappa shape index (κ2) is 6.30. The van der Waals surface area contributed by atoms with Gasteiger partial charge in [-0.3, -0.25) is 0 Å². The Labute approximate surface area is 124 Å². The van der Waals surface area contributed by atoms with Crippen LogP contribution in [0.25, 0.3) is 0 Å². The van der Waals surface area contributed by atoms with Crippen LogP contribution < -0.4 is 0 Å². The minimum atomic E-state index is -0.122. The Hall–Kier alpha value is -0.820. The molecule has 112 valence electrons. The number of aliphatic hydroxyl groups excluding tert-OH is 1. The molecule has 0 bridgehead atoms. The van der Waals surface area contributed by atoms with E-state index in [1.54, 1.807) is 0 Å². The number of hydrogen-bond donors (Lipinski definition) is 1. The van der Waals surface area contributed by atoms with Crippen LogP contribution in [0, 0.1) is 17.3 Å². The van der Waals surface area contributed by atoms with Gasteiger partial charge in [0.2, 0.25) is 0 Å². The lowest BCUT2D eigenvalue weighted by atomic mass is 9.65. The summed E-state index contributed by atoms with van der Waals surface area (Å²) in [6.07, 6.45) is 5.45. The first-order chi connectivity index (χ1) is 9.42. The van der Waals surface area contributed by atoms with E-state index in [2.05, 4.69) is 52.0 Å². The molecule has 1 saturated carbocycles. The molecular weight excluding hydrogens is 244 g/mol. The predicted molar refractivity (Wildman–Crippen MR) is 85.8 cm³/mol. The van der Waals surface area contributed by atoms with Crippen molar-refractivity contribution in [2.75, 3.05) is 0 Å². The molecule has 1 nitrogen and oxygen atoms in total. The fourth-order valence-corrected chi connectivity index (χ4v) is 3.81. The Morgan fingerprint density at radius 2 is 1.70 bits per heavy atom. The third-order valence-corrected chi connectivity index (χ3v) is 5.17. The molecular formula is C19H30O. The Balaban J connectivity index is 2.05. The highest BCUT2D eigenvalue weighted by Crippen LogP contribution is 2.42. The molecule has 0 radical (unpaired) electrons. The summed E-state index contributed by atoms with van der Waals surface area (Å²) in [7, 11) is 0. The first-order valence-corrected chi connectivity index (χ1v) is 8.18. The van der Waals surface area contributed by atoms with Crippen molar-refractivity contribution in [3.05, 3.63) is 35.4 Å². The zero-order chi connectivity index (χ0) is 14.8. The van der Waals surface area contributed by atoms with Crippen LogP contribution in [0.1, 0.15) is 58.1 Å². The van der Waals surface area contributed by atoms with Gasteiger partial charge in [-0.2, -0.15) is 0 Å². The van der Waals surface area contributed by atoms with E-state index in [1.165, 1.54) is 24.0 Å². The lowest BCUT2D eigenvalue weighted by molar-refractivity contribution is -0.0125. The minimum absolute atomic E-state index is 0.122. The largest absolute Gasteiger partial charge is 0.393 e. The topological polar surface area (TPSA) is 20.2 Å². The summed E-state index contributed by atoms with van der Waals surface area (Å²) in [5.41, 5.74) is 2.98. The summed E-state index contributed by atoms with van der Waals surface area (Å²) in [4.78, 5) is 0. The second-order valence-corrected chi connectivity index (χ2v) is 7.43. The van der Waals surface area contributed by atoms with Crippen LogP contribution in [-0.4, -0.2) is 11.2 Å². The number of aliphatic hydroxyl groups is 1. The van der Waals surface area contributed by atoms with Gasteiger partial charge in [0.05, 0.1) is 6.10 Å². The maximum Gasteiger partial charge on any atom is 0.0576 e. The maximum atomic E-state index is 10.4. The van der Waals surface area contributed by atoms with Crippen molar-refractivity contribution < 1.29 is 5.11 Å². The number of aryl methyl sites for hydroxylation is 1. The van der Waals surface area contributed by atoms with Gasteiger partial charge in [0.25, 0.3) is 0 Å². The summed E-state index contributed by atoms with van der Waals surface area (Å²) in [6, 6.07) is 9.01. The summed E-state index contributed by atoms with van der Waals surface area (Å²) < 4.78 is 0. The van der Waals surface area contributed by atoms with Gasteiger partial charge in [0.1, 0.15) is 0 Å². The standard InChI is InChI=1S/C19H30O/c1-5-15-7-9-16(10-8-15)13-19(3,4)17-11-6-14(2)12-18(17)20/h7-10,14,17-18,20H,5-6,11-13H2,1-4H3. The van der Waals surface area contributed by atoms with E-state index in [0.29, 0.717) is 11.8 Å². The highest BCUT2D eigenvalue weighted by Gasteiger charge is 2.38. The van der Waals surface area contributed by atoms with Gasteiger partial charge in [0, 0.05) is 0 Å². The van der Waals surface area contributed by atoms with E-state index >= 15 is 0 Å². The van der Waals surface area contributed by atoms with Crippen molar-refractivity contribution in [1.29, 1.82) is 0 Å². The quantitative estimate of drug-likeness (QED) is 0.849. The Morgan fingerprint density at radius 1 is 1.10 bits per heavy atom. The van der Waals surface area contributed by atoms with Crippen LogP contribution in [0.3, 0.4) is 0 Å². The second-order valence-electron chi connectivity index (χ2n) is 7.43. The molecule has 1 fully saturated rings. The number of hydrogen-bond acceptors (Lipinski definition) is 1. The number of benzene rings is 1. The summed E-state index contributed by atoms with van der Waals surface area (Å²) in [5.74, 6) is 1.12. The predicted octanol–water partition coefficient (Wildman–Crippen LogP) is 4.61. The van der Waals surface area contributed by atoms with Crippen LogP contribution in [0.2, 0.25) is 0 Å². The summed E-state index contributed by atoms with van der Waals surface area (Å²) in [6.45, 7) is 9.10. The van der Waals surface area contributed by atoms with Crippen LogP contribution in [0.15, 0.2) is 24.3 Å². The van der Waals surface area contributed by atoms with Gasteiger partial charge in [0.15, 0.2) is 0 Å². The van der Waals surface area contributed by atoms with Crippen molar-refractivity contribution in [3.63, 3.8) is 0 Å². The Kier molecular flexibility index (Phi) is 4.90. The van der Waals surface area contributed by atoms with Gasteiger partial charge < -0.3 is 5.11 Å². The van der Waals surface area contributed by atoms with Crippen molar-refractivity contribution in [3.8, 4) is 0 Å². The average Bonchev–Trinajstić information content (AvgIpc) is 2.38. The smallest absolute Gasteiger partial charge is 0.0576 e. The lowest BCUT2D eigenvalue weighted by Gasteiger charge is -2.42. The van der Waals surface area contributed by atoms with E-state index in [4.69, 9.17) is 0 Å². The van der Waals surface area contributed by atoms with Gasteiger partial charge in [-0.25, -0.2) is 0 Å². The maximum absolute atomic E-state index is 10.4. The van der Waals surface area contributed by atoms with Gasteiger partial charge in [-0.1, -0.05) is 58.4 Å². The van der Waals surface area contributed by atoms with E-state index in [-0.39, 0.29) is 11.5 Å². The Morgan fingerprint density at radius 3 is 2.25 bits per heavy atom. The molecule has 0 spiro atoms. The van der Waals surface area contributed by atoms with Gasteiger partial charge in [-0.15, -0.1) is 0 Å². The monoisotopic (exact) mass is 274 g/mol. The van der Waals surface area contributed by atoms with Crippen molar-refractivity contribution in [2.45, 2.75) is 65.9 Å². The lowest BCUT2D eigenvalue weighted by Crippen LogP contribution is -2.39. The van der Waals surface area contributed by atoms with Crippen molar-refractivity contribution in [2.24, 2.45) is 17.3 Å². The SMILES string of the molecule is CCc1ccc(CC(C)(C)C2CCC(C)CC2O)cc1. The zero-order valence-electron chi connectivity index (χ0n) is 13.5. The molecule has 0 aromatic heterocycles. The van der Waals surface area contributed by atoms with Crippen LogP contribution in [0.5, 0.6) is 0 Å². The highest BCUT2D eigenvalue weighted by molar-refractivity contribution is 5.23. The Bertz CT molecular complexity index is 418. The van der Waals surface area contributed by atoms with E-state index in [1.807, 2.05) is 0 Å². The molecule has 0 saturated heterocycles. The summed E-state index contributed by atoms with van der Waals surface area (Å²) >= 11 is 0. The van der Waals surface area contributed by atoms with Crippen LogP contribution >= 0.6 is 0 Å². The first-order valence-electron chi connectivity index (χ1n) is 8.18. The van der Waals surface area contributed by atoms with E-state index in [9.17, 15) is 5.11 Å². The van der Waals surface area contributed by atoms with Gasteiger partial charge in [-0.05, 0) is 54.1 Å². The first kappa shape index (κ1) is 15.6. The van der Waals surface area contributed by atoms with Crippen LogP contribution in [0.4, 0.5) is 0 Å². The fraction of sp³-hybridized carbons (Fsp3) is 0.684. The van der Waals surface area contributed by atoms with Gasteiger partial charge >= 0.3 is 0 Å². The molecule has 2 rings (SSSR count). The molecule has 1 aliphatic rings. The molecule has 1 heteroatoms. The third kappa shape index (κ3) is 3.63. The van der Waals surface area contributed by atoms with Crippen LogP contribution in [-0.2, 0) is 12.8 Å². The van der Waals surface area contributed by atoms with Crippen molar-refractivity contribution in [1.82, 2.24) is 0 Å². The third-order valence-electron chi connectivity index (χ3n) is 5.17. The molecule has 1 aromatic carbocycles. The molecule has 0 amide bonds. The number of rotatable bonds is 4. The normalized spacial score (nSPS) is 27.6. The molecule has 1 N–H and O–H groups in total. The molecule has 3 unspecified atom stereocenters. The summed E-state index contributed by atoms with van der Waals surface area (Å²) in [5, 5.41) is 10.4. The highest BCUT2D eigenvalue weighted by atomic mass is 16.3. The molecule has 0 heterocycles.